The summed E-state index contributed by atoms with van der Waals surface area (Å²) >= 11 is 0. The fourth-order valence-corrected chi connectivity index (χ4v) is 3.60. The van der Waals surface area contributed by atoms with E-state index in [0.717, 1.165) is 6.42 Å². The average molecular weight is 329 g/mol. The van der Waals surface area contributed by atoms with Crippen LogP contribution in [0.1, 0.15) is 40.5 Å². The summed E-state index contributed by atoms with van der Waals surface area (Å²) in [4.78, 5) is 11.7. The lowest BCUT2D eigenvalue weighted by molar-refractivity contribution is -0.121. The van der Waals surface area contributed by atoms with E-state index >= 15 is 0 Å². The maximum Gasteiger partial charge on any atom is 0.221 e. The molecule has 1 atom stereocenters. The molecular weight excluding hydrogens is 300 g/mol. The average Bonchev–Trinajstić information content (AvgIpc) is 2.23. The molecule has 122 valence electrons. The highest BCUT2D eigenvalue weighted by Gasteiger charge is 2.17. The van der Waals surface area contributed by atoms with Gasteiger partial charge in [-0.3, -0.25) is 4.79 Å². The van der Waals surface area contributed by atoms with Gasteiger partial charge in [-0.1, -0.05) is 27.7 Å². The van der Waals surface area contributed by atoms with Crippen molar-refractivity contribution in [2.75, 3.05) is 18.1 Å². The summed E-state index contributed by atoms with van der Waals surface area (Å²) in [5, 5.41) is 2.80. The number of carbonyl (C=O) groups excluding carboxylic acids is 1. The predicted molar refractivity (Wildman–Crippen MR) is 85.8 cm³/mol. The normalized spacial score (nSPS) is 13.2. The van der Waals surface area contributed by atoms with Gasteiger partial charge in [-0.25, -0.2) is 8.42 Å². The number of rotatable bonds is 9. The first kappa shape index (κ1) is 22.0. The zero-order chi connectivity index (χ0) is 15.1. The van der Waals surface area contributed by atoms with Crippen LogP contribution in [-0.4, -0.2) is 38.4 Å². The Kier molecular flexibility index (Phi) is 11.4. The maximum atomic E-state index is 11.7. The minimum atomic E-state index is -3.13. The third-order valence-corrected chi connectivity index (χ3v) is 4.63. The second kappa shape index (κ2) is 10.4. The lowest BCUT2D eigenvalue weighted by atomic mass is 10.0. The molecule has 1 amide bonds. The van der Waals surface area contributed by atoms with Gasteiger partial charge in [-0.2, -0.15) is 0 Å². The third-order valence-electron chi connectivity index (χ3n) is 2.63. The lowest BCUT2D eigenvalue weighted by Crippen LogP contribution is -2.41. The minimum Gasteiger partial charge on any atom is -0.352 e. The van der Waals surface area contributed by atoms with Gasteiger partial charge in [0.1, 0.15) is 0 Å². The minimum absolute atomic E-state index is 0. The second-order valence-electron chi connectivity index (χ2n) is 5.89. The fourth-order valence-electron chi connectivity index (χ4n) is 1.92. The standard InChI is InChI=1S/C13H28N2O3S.ClH/c1-10(2)7-12(8-14)15-13(16)5-6-19(17,18)9-11(3)4;/h10-12H,5-9,14H2,1-4H3,(H,15,16);1H. The fraction of sp³-hybridized carbons (Fsp3) is 0.923. The molecule has 0 aliphatic rings. The highest BCUT2D eigenvalue weighted by atomic mass is 35.5. The summed E-state index contributed by atoms with van der Waals surface area (Å²) < 4.78 is 23.3. The van der Waals surface area contributed by atoms with E-state index in [0.29, 0.717) is 12.5 Å². The summed E-state index contributed by atoms with van der Waals surface area (Å²) in [5.74, 6) is 0.343. The highest BCUT2D eigenvalue weighted by molar-refractivity contribution is 7.91. The zero-order valence-electron chi connectivity index (χ0n) is 12.9. The number of hydrogen-bond donors (Lipinski definition) is 2. The Bertz CT molecular complexity index is 370. The van der Waals surface area contributed by atoms with Gasteiger partial charge in [0.15, 0.2) is 9.84 Å². The van der Waals surface area contributed by atoms with Gasteiger partial charge < -0.3 is 11.1 Å². The molecule has 0 rings (SSSR count). The molecule has 20 heavy (non-hydrogen) atoms. The summed E-state index contributed by atoms with van der Waals surface area (Å²) in [5.41, 5.74) is 5.58. The molecule has 0 bridgehead atoms. The van der Waals surface area contributed by atoms with Crippen molar-refractivity contribution in [1.82, 2.24) is 5.32 Å². The van der Waals surface area contributed by atoms with Crippen LogP contribution in [0.3, 0.4) is 0 Å². The highest BCUT2D eigenvalue weighted by Crippen LogP contribution is 2.05. The van der Waals surface area contributed by atoms with Gasteiger partial charge in [0.25, 0.3) is 0 Å². The SMILES string of the molecule is CC(C)CC(CN)NC(=O)CCS(=O)(=O)CC(C)C.Cl. The Balaban J connectivity index is 0. The van der Waals surface area contributed by atoms with Gasteiger partial charge in [0, 0.05) is 19.0 Å². The number of halogens is 1. The smallest absolute Gasteiger partial charge is 0.221 e. The number of hydrogen-bond acceptors (Lipinski definition) is 4. The van der Waals surface area contributed by atoms with Gasteiger partial charge in [0.05, 0.1) is 11.5 Å². The molecule has 0 aliphatic carbocycles. The van der Waals surface area contributed by atoms with Crippen molar-refractivity contribution in [2.24, 2.45) is 17.6 Å². The van der Waals surface area contributed by atoms with Crippen LogP contribution < -0.4 is 11.1 Å². The molecular formula is C13H29ClN2O3S. The molecule has 0 saturated heterocycles. The maximum absolute atomic E-state index is 11.7. The molecule has 0 aromatic carbocycles. The molecule has 0 aliphatic heterocycles. The monoisotopic (exact) mass is 328 g/mol. The first-order chi connectivity index (χ1) is 8.66. The van der Waals surface area contributed by atoms with E-state index in [-0.39, 0.29) is 48.2 Å². The van der Waals surface area contributed by atoms with Crippen molar-refractivity contribution in [3.63, 3.8) is 0 Å². The van der Waals surface area contributed by atoms with Crippen LogP contribution in [0.5, 0.6) is 0 Å². The summed E-state index contributed by atoms with van der Waals surface area (Å²) in [7, 11) is -3.13. The summed E-state index contributed by atoms with van der Waals surface area (Å²) in [6, 6.07) is -0.0692. The van der Waals surface area contributed by atoms with E-state index in [2.05, 4.69) is 19.2 Å². The van der Waals surface area contributed by atoms with Gasteiger partial charge >= 0.3 is 0 Å². The molecule has 0 fully saturated rings. The van der Waals surface area contributed by atoms with Crippen LogP contribution in [-0.2, 0) is 14.6 Å². The molecule has 0 saturated carbocycles. The molecule has 0 spiro atoms. The van der Waals surface area contributed by atoms with Crippen molar-refractivity contribution in [3.8, 4) is 0 Å². The number of nitrogens with two attached hydrogens (primary N) is 1. The zero-order valence-corrected chi connectivity index (χ0v) is 14.5. The Hall–Kier alpha value is -0.330. The van der Waals surface area contributed by atoms with Crippen molar-refractivity contribution in [1.29, 1.82) is 0 Å². The second-order valence-corrected chi connectivity index (χ2v) is 8.12. The summed E-state index contributed by atoms with van der Waals surface area (Å²) in [6.45, 7) is 8.20. The van der Waals surface area contributed by atoms with Crippen LogP contribution in [0.15, 0.2) is 0 Å². The van der Waals surface area contributed by atoms with Crippen LogP contribution >= 0.6 is 12.4 Å². The Labute approximate surface area is 129 Å². The van der Waals surface area contributed by atoms with E-state index in [4.69, 9.17) is 5.73 Å². The number of nitrogens with one attached hydrogen (secondary N) is 1. The number of amides is 1. The third kappa shape index (κ3) is 11.5. The predicted octanol–water partition coefficient (Wildman–Crippen LogP) is 1.36. The molecule has 3 N–H and O–H groups in total. The lowest BCUT2D eigenvalue weighted by Gasteiger charge is -2.18. The molecule has 1 unspecified atom stereocenters. The Morgan fingerprint density at radius 3 is 2.10 bits per heavy atom. The first-order valence-corrected chi connectivity index (χ1v) is 8.68. The molecule has 5 nitrogen and oxygen atoms in total. The number of carbonyl (C=O) groups is 1. The first-order valence-electron chi connectivity index (χ1n) is 6.86. The topological polar surface area (TPSA) is 89.3 Å². The quantitative estimate of drug-likeness (QED) is 0.668. The van der Waals surface area contributed by atoms with Crippen LogP contribution in [0.4, 0.5) is 0 Å². The van der Waals surface area contributed by atoms with Crippen LogP contribution in [0.2, 0.25) is 0 Å². The summed E-state index contributed by atoms with van der Waals surface area (Å²) in [6.07, 6.45) is 0.824. The van der Waals surface area contributed by atoms with E-state index in [1.54, 1.807) is 0 Å². The van der Waals surface area contributed by atoms with Gasteiger partial charge in [-0.15, -0.1) is 12.4 Å². The van der Waals surface area contributed by atoms with E-state index in [1.807, 2.05) is 13.8 Å². The van der Waals surface area contributed by atoms with Gasteiger partial charge in [-0.05, 0) is 18.3 Å². The Morgan fingerprint density at radius 2 is 1.70 bits per heavy atom. The van der Waals surface area contributed by atoms with Crippen LogP contribution in [0.25, 0.3) is 0 Å². The molecule has 0 aromatic heterocycles. The molecule has 0 aromatic rings. The van der Waals surface area contributed by atoms with Crippen molar-refractivity contribution in [2.45, 2.75) is 46.6 Å². The largest absolute Gasteiger partial charge is 0.352 e. The van der Waals surface area contributed by atoms with E-state index in [1.165, 1.54) is 0 Å². The van der Waals surface area contributed by atoms with Crippen LogP contribution in [0, 0.1) is 11.8 Å². The van der Waals surface area contributed by atoms with Crippen molar-refractivity contribution < 1.29 is 13.2 Å². The van der Waals surface area contributed by atoms with Crippen molar-refractivity contribution >= 4 is 28.2 Å². The molecule has 7 heteroatoms. The van der Waals surface area contributed by atoms with Gasteiger partial charge in [0.2, 0.25) is 5.91 Å². The van der Waals surface area contributed by atoms with E-state index < -0.39 is 9.84 Å². The molecule has 0 heterocycles. The Morgan fingerprint density at radius 1 is 1.15 bits per heavy atom. The van der Waals surface area contributed by atoms with Crippen molar-refractivity contribution in [3.05, 3.63) is 0 Å². The molecule has 0 radical (unpaired) electrons. The number of sulfone groups is 1. The van der Waals surface area contributed by atoms with E-state index in [9.17, 15) is 13.2 Å².